The van der Waals surface area contributed by atoms with Gasteiger partial charge in [-0.3, -0.25) is 0 Å². The number of thioether (sulfide) groups is 2. The SMILES string of the molecule is CCC(CC)(SCCO)SCCO. The van der Waals surface area contributed by atoms with Crippen molar-refractivity contribution in [1.29, 1.82) is 0 Å². The molecule has 0 rings (SSSR count). The van der Waals surface area contributed by atoms with Gasteiger partial charge in [-0.05, 0) is 12.8 Å². The van der Waals surface area contributed by atoms with Gasteiger partial charge in [-0.1, -0.05) is 13.8 Å². The molecule has 0 aromatic carbocycles. The first kappa shape index (κ1) is 13.6. The van der Waals surface area contributed by atoms with E-state index >= 15 is 0 Å². The first-order chi connectivity index (χ1) is 6.24. The topological polar surface area (TPSA) is 40.5 Å². The Morgan fingerprint density at radius 2 is 1.31 bits per heavy atom. The van der Waals surface area contributed by atoms with E-state index in [0.717, 1.165) is 24.3 Å². The van der Waals surface area contributed by atoms with Crippen LogP contribution < -0.4 is 0 Å². The fourth-order valence-electron chi connectivity index (χ4n) is 1.16. The van der Waals surface area contributed by atoms with E-state index in [1.165, 1.54) is 0 Å². The molecule has 0 fully saturated rings. The van der Waals surface area contributed by atoms with Crippen LogP contribution in [0.4, 0.5) is 0 Å². The van der Waals surface area contributed by atoms with Gasteiger partial charge in [-0.2, -0.15) is 0 Å². The van der Waals surface area contributed by atoms with Crippen LogP contribution in [0.1, 0.15) is 26.7 Å². The molecule has 0 saturated carbocycles. The van der Waals surface area contributed by atoms with Crippen molar-refractivity contribution in [2.24, 2.45) is 0 Å². The molecule has 4 heteroatoms. The van der Waals surface area contributed by atoms with Gasteiger partial charge in [0.05, 0.1) is 17.3 Å². The van der Waals surface area contributed by atoms with Crippen LogP contribution in [0.2, 0.25) is 0 Å². The second-order valence-corrected chi connectivity index (χ2v) is 5.98. The summed E-state index contributed by atoms with van der Waals surface area (Å²) in [6.45, 7) is 4.81. The van der Waals surface area contributed by atoms with Gasteiger partial charge >= 0.3 is 0 Å². The Kier molecular flexibility index (Phi) is 8.35. The third-order valence-electron chi connectivity index (χ3n) is 1.99. The molecule has 0 unspecified atom stereocenters. The number of aliphatic hydroxyl groups is 2. The molecule has 0 atom stereocenters. The molecule has 0 aromatic heterocycles. The Balaban J connectivity index is 3.97. The molecule has 0 heterocycles. The molecule has 2 nitrogen and oxygen atoms in total. The Bertz CT molecular complexity index is 106. The molecule has 0 aliphatic rings. The third kappa shape index (κ3) is 5.15. The summed E-state index contributed by atoms with van der Waals surface area (Å²) < 4.78 is 0.200. The maximum Gasteiger partial charge on any atom is 0.0607 e. The van der Waals surface area contributed by atoms with Gasteiger partial charge in [0, 0.05) is 11.5 Å². The summed E-state index contributed by atoms with van der Waals surface area (Å²) in [5.74, 6) is 1.58. The fraction of sp³-hybridized carbons (Fsp3) is 1.00. The maximum atomic E-state index is 8.77. The van der Waals surface area contributed by atoms with Gasteiger partial charge in [0.25, 0.3) is 0 Å². The summed E-state index contributed by atoms with van der Waals surface area (Å²) in [6.07, 6.45) is 2.16. The first-order valence-corrected chi connectivity index (χ1v) is 6.71. The fourth-order valence-corrected chi connectivity index (χ4v) is 3.74. The Labute approximate surface area is 89.5 Å². The lowest BCUT2D eigenvalue weighted by Gasteiger charge is -2.30. The van der Waals surface area contributed by atoms with Crippen molar-refractivity contribution in [1.82, 2.24) is 0 Å². The number of hydrogen-bond donors (Lipinski definition) is 2. The van der Waals surface area contributed by atoms with Crippen molar-refractivity contribution in [2.45, 2.75) is 30.8 Å². The summed E-state index contributed by atoms with van der Waals surface area (Å²) in [6, 6.07) is 0. The Morgan fingerprint density at radius 1 is 0.923 bits per heavy atom. The highest BCUT2D eigenvalue weighted by Gasteiger charge is 2.26. The Hall–Kier alpha value is 0.620. The van der Waals surface area contributed by atoms with Gasteiger partial charge in [0.15, 0.2) is 0 Å². The maximum absolute atomic E-state index is 8.77. The quantitative estimate of drug-likeness (QED) is 0.618. The summed E-state index contributed by atoms with van der Waals surface area (Å²) in [4.78, 5) is 0. The van der Waals surface area contributed by atoms with Gasteiger partial charge in [-0.15, -0.1) is 23.5 Å². The van der Waals surface area contributed by atoms with E-state index < -0.39 is 0 Å². The minimum Gasteiger partial charge on any atom is -0.396 e. The Morgan fingerprint density at radius 3 is 1.54 bits per heavy atom. The van der Waals surface area contributed by atoms with Crippen molar-refractivity contribution in [3.05, 3.63) is 0 Å². The average molecular weight is 224 g/mol. The second-order valence-electron chi connectivity index (χ2n) is 2.76. The molecule has 0 saturated heterocycles. The van der Waals surface area contributed by atoms with Crippen LogP contribution in [0.5, 0.6) is 0 Å². The van der Waals surface area contributed by atoms with E-state index in [1.807, 2.05) is 23.5 Å². The summed E-state index contributed by atoms with van der Waals surface area (Å²) in [7, 11) is 0. The minimum absolute atomic E-state index is 0.200. The molecule has 0 aromatic rings. The van der Waals surface area contributed by atoms with E-state index in [2.05, 4.69) is 13.8 Å². The number of rotatable bonds is 8. The van der Waals surface area contributed by atoms with E-state index in [1.54, 1.807) is 0 Å². The lowest BCUT2D eigenvalue weighted by atomic mass is 10.2. The monoisotopic (exact) mass is 224 g/mol. The van der Waals surface area contributed by atoms with Crippen LogP contribution >= 0.6 is 23.5 Å². The molecular formula is C9H20O2S2. The third-order valence-corrected chi connectivity index (χ3v) is 5.68. The first-order valence-electron chi connectivity index (χ1n) is 4.74. The predicted molar refractivity (Wildman–Crippen MR) is 62.4 cm³/mol. The molecule has 0 bridgehead atoms. The zero-order valence-corrected chi connectivity index (χ0v) is 10.1. The highest BCUT2D eigenvalue weighted by Crippen LogP contribution is 2.42. The molecule has 2 N–H and O–H groups in total. The van der Waals surface area contributed by atoms with Crippen LogP contribution in [0.3, 0.4) is 0 Å². The summed E-state index contributed by atoms with van der Waals surface area (Å²) in [5, 5.41) is 17.5. The largest absolute Gasteiger partial charge is 0.396 e. The lowest BCUT2D eigenvalue weighted by molar-refractivity contribution is 0.322. The van der Waals surface area contributed by atoms with E-state index in [-0.39, 0.29) is 17.3 Å². The van der Waals surface area contributed by atoms with Gasteiger partial charge < -0.3 is 10.2 Å². The van der Waals surface area contributed by atoms with Crippen LogP contribution in [-0.2, 0) is 0 Å². The van der Waals surface area contributed by atoms with Crippen LogP contribution in [0, 0.1) is 0 Å². The highest BCUT2D eigenvalue weighted by atomic mass is 32.2. The molecule has 0 aliphatic carbocycles. The number of aliphatic hydroxyl groups excluding tert-OH is 2. The molecule has 0 aliphatic heterocycles. The van der Waals surface area contributed by atoms with Crippen molar-refractivity contribution in [2.75, 3.05) is 24.7 Å². The zero-order valence-electron chi connectivity index (χ0n) is 8.45. The smallest absolute Gasteiger partial charge is 0.0607 e. The molecule has 0 spiro atoms. The molecule has 13 heavy (non-hydrogen) atoms. The summed E-state index contributed by atoms with van der Waals surface area (Å²) in [5.41, 5.74) is 0. The van der Waals surface area contributed by atoms with Crippen molar-refractivity contribution < 1.29 is 10.2 Å². The van der Waals surface area contributed by atoms with Crippen molar-refractivity contribution in [3.8, 4) is 0 Å². The van der Waals surface area contributed by atoms with Gasteiger partial charge in [-0.25, -0.2) is 0 Å². The van der Waals surface area contributed by atoms with E-state index in [9.17, 15) is 0 Å². The normalized spacial score (nSPS) is 12.0. The lowest BCUT2D eigenvalue weighted by Crippen LogP contribution is -2.20. The number of hydrogen-bond acceptors (Lipinski definition) is 4. The van der Waals surface area contributed by atoms with E-state index in [0.29, 0.717) is 0 Å². The van der Waals surface area contributed by atoms with Gasteiger partial charge in [0.2, 0.25) is 0 Å². The predicted octanol–water partition coefficient (Wildman–Crippen LogP) is 1.95. The van der Waals surface area contributed by atoms with Crippen molar-refractivity contribution in [3.63, 3.8) is 0 Å². The molecule has 80 valence electrons. The van der Waals surface area contributed by atoms with E-state index in [4.69, 9.17) is 10.2 Å². The standard InChI is InChI=1S/C9H20O2S2/c1-3-9(4-2,12-7-5-10)13-8-6-11/h10-11H,3-8H2,1-2H3. The van der Waals surface area contributed by atoms with Crippen molar-refractivity contribution >= 4 is 23.5 Å². The summed E-state index contributed by atoms with van der Waals surface area (Å²) >= 11 is 3.62. The van der Waals surface area contributed by atoms with Crippen LogP contribution in [-0.4, -0.2) is 39.0 Å². The molecule has 0 radical (unpaired) electrons. The second kappa shape index (κ2) is 7.97. The molecule has 0 amide bonds. The van der Waals surface area contributed by atoms with Crippen LogP contribution in [0.15, 0.2) is 0 Å². The zero-order chi connectivity index (χ0) is 10.2. The highest BCUT2D eigenvalue weighted by molar-refractivity contribution is 8.18. The van der Waals surface area contributed by atoms with Gasteiger partial charge in [0.1, 0.15) is 0 Å². The minimum atomic E-state index is 0.200. The molecular weight excluding hydrogens is 204 g/mol. The van der Waals surface area contributed by atoms with Crippen LogP contribution in [0.25, 0.3) is 0 Å². The average Bonchev–Trinajstić information content (AvgIpc) is 2.20.